The lowest BCUT2D eigenvalue weighted by Crippen LogP contribution is -2.41. The average molecular weight is 315 g/mol. The van der Waals surface area contributed by atoms with E-state index in [-0.39, 0.29) is 31.1 Å². The zero-order valence-electron chi connectivity index (χ0n) is 12.5. The van der Waals surface area contributed by atoms with Crippen molar-refractivity contribution >= 4 is 11.9 Å². The number of urea groups is 1. The summed E-state index contributed by atoms with van der Waals surface area (Å²) in [6, 6.07) is 7.82. The first-order chi connectivity index (χ1) is 11.1. The molecular formula is C16H17N3O4. The van der Waals surface area contributed by atoms with Crippen molar-refractivity contribution in [2.45, 2.75) is 25.0 Å². The van der Waals surface area contributed by atoms with Crippen LogP contribution in [0.4, 0.5) is 4.79 Å². The molecule has 0 unspecified atom stereocenters. The molecular weight excluding hydrogens is 298 g/mol. The van der Waals surface area contributed by atoms with E-state index in [1.165, 1.54) is 0 Å². The number of ether oxygens (including phenoxy) is 1. The fourth-order valence-electron chi connectivity index (χ4n) is 2.93. The van der Waals surface area contributed by atoms with Gasteiger partial charge in [0, 0.05) is 6.54 Å². The molecule has 2 aliphatic rings. The highest BCUT2D eigenvalue weighted by molar-refractivity contribution is 6.04. The van der Waals surface area contributed by atoms with Crippen LogP contribution in [0.3, 0.4) is 0 Å². The lowest BCUT2D eigenvalue weighted by Gasteiger charge is -2.19. The summed E-state index contributed by atoms with van der Waals surface area (Å²) in [4.78, 5) is 27.0. The second-order valence-electron chi connectivity index (χ2n) is 5.68. The highest BCUT2D eigenvalue weighted by atomic mass is 16.5. The molecule has 3 amide bonds. The molecule has 1 aromatic carbocycles. The topological polar surface area (TPSA) is 93.9 Å². The van der Waals surface area contributed by atoms with Crippen molar-refractivity contribution in [2.75, 3.05) is 19.7 Å². The van der Waals surface area contributed by atoms with Crippen molar-refractivity contribution in [2.24, 2.45) is 0 Å². The maximum Gasteiger partial charge on any atom is 0.327 e. The summed E-state index contributed by atoms with van der Waals surface area (Å²) in [5.41, 5.74) is 0.520. The molecule has 0 aliphatic carbocycles. The van der Waals surface area contributed by atoms with Gasteiger partial charge >= 0.3 is 6.03 Å². The van der Waals surface area contributed by atoms with Gasteiger partial charge in [-0.2, -0.15) is 5.26 Å². The van der Waals surface area contributed by atoms with E-state index in [1.807, 2.05) is 6.07 Å². The molecule has 0 saturated carbocycles. The number of nitrogens with zero attached hydrogens (tertiary/aromatic N) is 3. The van der Waals surface area contributed by atoms with Gasteiger partial charge in [-0.05, 0) is 37.1 Å². The van der Waals surface area contributed by atoms with Gasteiger partial charge in [0.2, 0.25) is 0 Å². The third-order valence-electron chi connectivity index (χ3n) is 4.10. The van der Waals surface area contributed by atoms with E-state index in [0.29, 0.717) is 24.3 Å². The summed E-state index contributed by atoms with van der Waals surface area (Å²) in [6.07, 6.45) is 0.581. The molecule has 3 rings (SSSR count). The first kappa shape index (κ1) is 15.3. The van der Waals surface area contributed by atoms with Gasteiger partial charge in [0.1, 0.15) is 24.5 Å². The van der Waals surface area contributed by atoms with Crippen LogP contribution >= 0.6 is 0 Å². The summed E-state index contributed by atoms with van der Waals surface area (Å²) in [7, 11) is 0. The molecule has 0 spiro atoms. The summed E-state index contributed by atoms with van der Waals surface area (Å²) in [5.74, 6) is 0.285. The Kier molecular flexibility index (Phi) is 4.17. The molecule has 7 heteroatoms. The van der Waals surface area contributed by atoms with Gasteiger partial charge in [-0.15, -0.1) is 0 Å². The van der Waals surface area contributed by atoms with Crippen LogP contribution in [-0.2, 0) is 4.79 Å². The van der Waals surface area contributed by atoms with Crippen molar-refractivity contribution in [3.05, 3.63) is 29.8 Å². The normalized spacial score (nSPS) is 21.3. The molecule has 2 fully saturated rings. The molecule has 2 heterocycles. The van der Waals surface area contributed by atoms with E-state index in [9.17, 15) is 14.7 Å². The zero-order chi connectivity index (χ0) is 16.4. The van der Waals surface area contributed by atoms with Crippen LogP contribution in [-0.4, -0.2) is 58.7 Å². The van der Waals surface area contributed by atoms with Crippen LogP contribution in [0.5, 0.6) is 5.75 Å². The molecule has 0 radical (unpaired) electrons. The maximum absolute atomic E-state index is 12.2. The lowest BCUT2D eigenvalue weighted by molar-refractivity contribution is -0.129. The SMILES string of the molecule is N#Cc1ccc(OC[C@H](O)CN2C(=O)[C@H]3CCCN3C2=O)cc1. The highest BCUT2D eigenvalue weighted by Crippen LogP contribution is 2.27. The van der Waals surface area contributed by atoms with Crippen molar-refractivity contribution in [3.63, 3.8) is 0 Å². The number of hydrogen-bond donors (Lipinski definition) is 1. The van der Waals surface area contributed by atoms with Crippen molar-refractivity contribution in [1.29, 1.82) is 5.26 Å². The Balaban J connectivity index is 1.53. The number of amides is 3. The number of benzene rings is 1. The smallest absolute Gasteiger partial charge is 0.327 e. The Morgan fingerprint density at radius 1 is 1.35 bits per heavy atom. The second kappa shape index (κ2) is 6.26. The molecule has 2 atom stereocenters. The first-order valence-corrected chi connectivity index (χ1v) is 7.53. The Labute approximate surface area is 133 Å². The molecule has 0 bridgehead atoms. The number of aliphatic hydroxyl groups excluding tert-OH is 1. The number of fused-ring (bicyclic) bond motifs is 1. The number of nitriles is 1. The van der Waals surface area contributed by atoms with Crippen LogP contribution in [0, 0.1) is 11.3 Å². The van der Waals surface area contributed by atoms with Crippen molar-refractivity contribution < 1.29 is 19.4 Å². The van der Waals surface area contributed by atoms with E-state index in [0.717, 1.165) is 11.3 Å². The van der Waals surface area contributed by atoms with Crippen LogP contribution in [0.2, 0.25) is 0 Å². The number of rotatable bonds is 5. The molecule has 2 saturated heterocycles. The monoisotopic (exact) mass is 315 g/mol. The number of hydrogen-bond acceptors (Lipinski definition) is 5. The van der Waals surface area contributed by atoms with Crippen LogP contribution in [0.15, 0.2) is 24.3 Å². The summed E-state index contributed by atoms with van der Waals surface area (Å²) >= 11 is 0. The standard InChI is InChI=1S/C16H17N3O4/c17-8-11-3-5-13(6-4-11)23-10-12(20)9-19-15(21)14-2-1-7-18(14)16(19)22/h3-6,12,14,20H,1-2,7,9-10H2/t12-,14-/m1/s1. The Bertz CT molecular complexity index is 630. The summed E-state index contributed by atoms with van der Waals surface area (Å²) in [6.45, 7) is 0.498. The van der Waals surface area contributed by atoms with Gasteiger partial charge in [-0.1, -0.05) is 0 Å². The number of carbonyl (C=O) groups is 2. The molecule has 7 nitrogen and oxygen atoms in total. The lowest BCUT2D eigenvalue weighted by atomic mass is 10.2. The fourth-order valence-corrected chi connectivity index (χ4v) is 2.93. The van der Waals surface area contributed by atoms with Crippen LogP contribution in [0.25, 0.3) is 0 Å². The predicted molar refractivity (Wildman–Crippen MR) is 79.5 cm³/mol. The molecule has 120 valence electrons. The molecule has 1 aromatic rings. The Hall–Kier alpha value is -2.59. The third-order valence-corrected chi connectivity index (χ3v) is 4.10. The van der Waals surface area contributed by atoms with Crippen molar-refractivity contribution in [3.8, 4) is 11.8 Å². The van der Waals surface area contributed by atoms with Gasteiger partial charge in [-0.3, -0.25) is 9.69 Å². The van der Waals surface area contributed by atoms with E-state index < -0.39 is 6.10 Å². The zero-order valence-corrected chi connectivity index (χ0v) is 12.5. The molecule has 2 aliphatic heterocycles. The largest absolute Gasteiger partial charge is 0.491 e. The van der Waals surface area contributed by atoms with Gasteiger partial charge in [-0.25, -0.2) is 4.79 Å². The number of carbonyl (C=O) groups excluding carboxylic acids is 2. The third kappa shape index (κ3) is 2.98. The van der Waals surface area contributed by atoms with Gasteiger partial charge < -0.3 is 14.7 Å². The van der Waals surface area contributed by atoms with Crippen molar-refractivity contribution in [1.82, 2.24) is 9.80 Å². The molecule has 23 heavy (non-hydrogen) atoms. The number of imide groups is 1. The highest BCUT2D eigenvalue weighted by Gasteiger charge is 2.47. The number of aliphatic hydroxyl groups is 1. The van der Waals surface area contributed by atoms with E-state index in [1.54, 1.807) is 29.2 Å². The second-order valence-corrected chi connectivity index (χ2v) is 5.68. The van der Waals surface area contributed by atoms with E-state index in [2.05, 4.69) is 0 Å². The predicted octanol–water partition coefficient (Wildman–Crippen LogP) is 0.725. The molecule has 0 aromatic heterocycles. The van der Waals surface area contributed by atoms with Crippen LogP contribution in [0.1, 0.15) is 18.4 Å². The summed E-state index contributed by atoms with van der Waals surface area (Å²) in [5, 5.41) is 18.7. The van der Waals surface area contributed by atoms with Gasteiger partial charge in [0.25, 0.3) is 5.91 Å². The quantitative estimate of drug-likeness (QED) is 0.808. The summed E-state index contributed by atoms with van der Waals surface area (Å²) < 4.78 is 5.42. The van der Waals surface area contributed by atoms with Gasteiger partial charge in [0.15, 0.2) is 0 Å². The Morgan fingerprint density at radius 3 is 2.74 bits per heavy atom. The maximum atomic E-state index is 12.2. The first-order valence-electron chi connectivity index (χ1n) is 7.53. The van der Waals surface area contributed by atoms with Gasteiger partial charge in [0.05, 0.1) is 18.2 Å². The molecule has 1 N–H and O–H groups in total. The van der Waals surface area contributed by atoms with Crippen LogP contribution < -0.4 is 4.74 Å². The average Bonchev–Trinajstić information content (AvgIpc) is 3.13. The minimum atomic E-state index is -0.960. The minimum Gasteiger partial charge on any atom is -0.491 e. The van der Waals surface area contributed by atoms with E-state index >= 15 is 0 Å². The van der Waals surface area contributed by atoms with E-state index in [4.69, 9.17) is 10.00 Å². The fraction of sp³-hybridized carbons (Fsp3) is 0.438. The Morgan fingerprint density at radius 2 is 2.09 bits per heavy atom. The number of β-amino-alcohol motifs (C(OH)–C–C–N with tert-alkyl or cyclic N) is 1. The minimum absolute atomic E-state index is 0.0341.